The van der Waals surface area contributed by atoms with E-state index in [2.05, 4.69) is 15.2 Å². The van der Waals surface area contributed by atoms with Crippen molar-refractivity contribution >= 4 is 52.2 Å². The minimum Gasteiger partial charge on any atom is -0.462 e. The monoisotopic (exact) mass is 498 g/mol. The zero-order chi connectivity index (χ0) is 24.1. The van der Waals surface area contributed by atoms with Crippen LogP contribution >= 0.6 is 22.9 Å². The number of hydrogen-bond acceptors (Lipinski definition) is 7. The number of benzene rings is 1. The second-order valence-electron chi connectivity index (χ2n) is 7.53. The maximum atomic E-state index is 13.1. The first-order valence-electron chi connectivity index (χ1n) is 10.8. The van der Waals surface area contributed by atoms with Crippen LogP contribution in [-0.2, 0) is 4.74 Å². The number of nitrogens with zero attached hydrogens (tertiary/aromatic N) is 3. The second-order valence-corrected chi connectivity index (χ2v) is 8.89. The van der Waals surface area contributed by atoms with Gasteiger partial charge in [-0.25, -0.2) is 9.78 Å². The third kappa shape index (κ3) is 5.37. The average molecular weight is 499 g/mol. The number of amides is 2. The first-order valence-corrected chi connectivity index (χ1v) is 12.0. The van der Waals surface area contributed by atoms with Crippen LogP contribution in [0.5, 0.6) is 0 Å². The Kier molecular flexibility index (Phi) is 7.44. The molecule has 1 aliphatic rings. The highest BCUT2D eigenvalue weighted by atomic mass is 35.5. The number of nitrogens with one attached hydrogen (secondary N) is 1. The number of ether oxygens (including phenoxy) is 1. The Bertz CT molecular complexity index is 1180. The largest absolute Gasteiger partial charge is 0.462 e. The predicted molar refractivity (Wildman–Crippen MR) is 132 cm³/mol. The second kappa shape index (κ2) is 10.7. The molecular weight excluding hydrogens is 476 g/mol. The quantitative estimate of drug-likeness (QED) is 0.512. The molecular formula is C24H23ClN4O4S. The molecule has 0 unspecified atom stereocenters. The van der Waals surface area contributed by atoms with E-state index in [-0.39, 0.29) is 11.8 Å². The number of piperazine rings is 1. The summed E-state index contributed by atoms with van der Waals surface area (Å²) in [5.41, 5.74) is 1.26. The molecule has 3 aromatic rings. The maximum absolute atomic E-state index is 13.1. The van der Waals surface area contributed by atoms with Gasteiger partial charge in [0.15, 0.2) is 0 Å². The fourth-order valence-corrected chi connectivity index (χ4v) is 4.36. The summed E-state index contributed by atoms with van der Waals surface area (Å²) in [6.45, 7) is 4.30. The number of anilines is 2. The summed E-state index contributed by atoms with van der Waals surface area (Å²) in [7, 11) is 0. The molecule has 1 aromatic carbocycles. The van der Waals surface area contributed by atoms with Gasteiger partial charge in [-0.2, -0.15) is 0 Å². The van der Waals surface area contributed by atoms with Crippen molar-refractivity contribution < 1.29 is 19.1 Å². The molecule has 34 heavy (non-hydrogen) atoms. The number of esters is 1. The Labute approximate surface area is 206 Å². The van der Waals surface area contributed by atoms with E-state index in [1.807, 2.05) is 5.38 Å². The number of halogens is 1. The van der Waals surface area contributed by atoms with E-state index in [4.69, 9.17) is 16.3 Å². The molecule has 0 bridgehead atoms. The van der Waals surface area contributed by atoms with Gasteiger partial charge in [0.25, 0.3) is 11.8 Å². The Morgan fingerprint density at radius 2 is 1.85 bits per heavy atom. The molecule has 0 saturated carbocycles. The molecule has 4 rings (SSSR count). The highest BCUT2D eigenvalue weighted by Gasteiger charge is 2.24. The van der Waals surface area contributed by atoms with Crippen molar-refractivity contribution in [1.29, 1.82) is 0 Å². The lowest BCUT2D eigenvalue weighted by Crippen LogP contribution is -2.49. The number of pyridine rings is 1. The van der Waals surface area contributed by atoms with Gasteiger partial charge in [0.05, 0.1) is 27.8 Å². The number of aromatic nitrogens is 1. The van der Waals surface area contributed by atoms with Gasteiger partial charge in [-0.05, 0) is 48.7 Å². The zero-order valence-electron chi connectivity index (χ0n) is 18.5. The summed E-state index contributed by atoms with van der Waals surface area (Å²) in [6.07, 6.45) is 1.50. The fraction of sp³-hybridized carbons (Fsp3) is 0.250. The lowest BCUT2D eigenvalue weighted by molar-refractivity contribution is 0.0525. The molecule has 1 fully saturated rings. The highest BCUT2D eigenvalue weighted by molar-refractivity contribution is 7.12. The Balaban J connectivity index is 1.38. The van der Waals surface area contributed by atoms with Crippen LogP contribution in [0.4, 0.5) is 11.5 Å². The Hall–Kier alpha value is -3.43. The molecule has 1 saturated heterocycles. The van der Waals surface area contributed by atoms with E-state index in [0.717, 1.165) is 5.82 Å². The van der Waals surface area contributed by atoms with Crippen LogP contribution < -0.4 is 10.2 Å². The SMILES string of the molecule is CCOC(=O)c1ccc(N2CCN(C(=O)c3ccc(Cl)c(NC(=O)c4cccs4)c3)CC2)nc1. The van der Waals surface area contributed by atoms with Gasteiger partial charge in [-0.1, -0.05) is 17.7 Å². The van der Waals surface area contributed by atoms with Crippen LogP contribution in [0.15, 0.2) is 54.0 Å². The number of hydrogen-bond donors (Lipinski definition) is 1. The van der Waals surface area contributed by atoms with Crippen molar-refractivity contribution in [3.8, 4) is 0 Å². The maximum Gasteiger partial charge on any atom is 0.339 e. The number of rotatable bonds is 6. The standard InChI is InChI=1S/C24H23ClN4O4S/c1-2-33-24(32)17-6-8-21(26-15-17)28-9-11-29(12-10-28)23(31)16-5-7-18(25)19(14-16)27-22(30)20-4-3-13-34-20/h3-8,13-15H,2,9-12H2,1H3,(H,27,30). The van der Waals surface area contributed by atoms with Gasteiger partial charge >= 0.3 is 5.97 Å². The van der Waals surface area contributed by atoms with Crippen LogP contribution in [-0.4, -0.2) is 60.5 Å². The summed E-state index contributed by atoms with van der Waals surface area (Å²) in [6, 6.07) is 11.9. The molecule has 2 aromatic heterocycles. The van der Waals surface area contributed by atoms with Crippen LogP contribution in [0, 0.1) is 0 Å². The first-order chi connectivity index (χ1) is 16.5. The van der Waals surface area contributed by atoms with Crippen molar-refractivity contribution in [2.45, 2.75) is 6.92 Å². The number of carbonyl (C=O) groups excluding carboxylic acids is 3. The van der Waals surface area contributed by atoms with E-state index in [1.54, 1.807) is 54.3 Å². The van der Waals surface area contributed by atoms with Gasteiger partial charge in [-0.3, -0.25) is 9.59 Å². The van der Waals surface area contributed by atoms with Crippen molar-refractivity contribution in [2.24, 2.45) is 0 Å². The van der Waals surface area contributed by atoms with Gasteiger partial charge in [0.2, 0.25) is 0 Å². The summed E-state index contributed by atoms with van der Waals surface area (Å²) in [5, 5.41) is 4.96. The van der Waals surface area contributed by atoms with E-state index in [9.17, 15) is 14.4 Å². The number of carbonyl (C=O) groups is 3. The smallest absolute Gasteiger partial charge is 0.339 e. The van der Waals surface area contributed by atoms with Crippen LogP contribution in [0.3, 0.4) is 0 Å². The average Bonchev–Trinajstić information content (AvgIpc) is 3.41. The molecule has 2 amide bonds. The summed E-state index contributed by atoms with van der Waals surface area (Å²) in [4.78, 5) is 46.0. The molecule has 1 N–H and O–H groups in total. The van der Waals surface area contributed by atoms with Crippen LogP contribution in [0.25, 0.3) is 0 Å². The summed E-state index contributed by atoms with van der Waals surface area (Å²) >= 11 is 7.58. The van der Waals surface area contributed by atoms with Crippen molar-refractivity contribution in [2.75, 3.05) is 43.0 Å². The summed E-state index contributed by atoms with van der Waals surface area (Å²) in [5.74, 6) is -0.0544. The van der Waals surface area contributed by atoms with Crippen molar-refractivity contribution in [3.63, 3.8) is 0 Å². The van der Waals surface area contributed by atoms with Gasteiger partial charge < -0.3 is 19.9 Å². The highest BCUT2D eigenvalue weighted by Crippen LogP contribution is 2.25. The Morgan fingerprint density at radius 3 is 2.50 bits per heavy atom. The minimum atomic E-state index is -0.397. The molecule has 1 aliphatic heterocycles. The fourth-order valence-electron chi connectivity index (χ4n) is 3.58. The van der Waals surface area contributed by atoms with E-state index in [0.29, 0.717) is 59.5 Å². The molecule has 176 valence electrons. The molecule has 0 spiro atoms. The van der Waals surface area contributed by atoms with Crippen molar-refractivity contribution in [1.82, 2.24) is 9.88 Å². The third-order valence-corrected chi connectivity index (χ3v) is 6.55. The first kappa shape index (κ1) is 23.7. The number of thiophene rings is 1. The van der Waals surface area contributed by atoms with E-state index in [1.165, 1.54) is 17.5 Å². The molecule has 3 heterocycles. The van der Waals surface area contributed by atoms with Crippen LogP contribution in [0.1, 0.15) is 37.3 Å². The zero-order valence-corrected chi connectivity index (χ0v) is 20.1. The van der Waals surface area contributed by atoms with E-state index >= 15 is 0 Å². The predicted octanol–water partition coefficient (Wildman–Crippen LogP) is 4.19. The van der Waals surface area contributed by atoms with Crippen molar-refractivity contribution in [3.05, 3.63) is 75.1 Å². The Morgan fingerprint density at radius 1 is 1.09 bits per heavy atom. The topological polar surface area (TPSA) is 91.8 Å². The van der Waals surface area contributed by atoms with Gasteiger partial charge in [-0.15, -0.1) is 11.3 Å². The van der Waals surface area contributed by atoms with Gasteiger partial charge in [0.1, 0.15) is 5.82 Å². The lowest BCUT2D eigenvalue weighted by Gasteiger charge is -2.35. The molecule has 0 atom stereocenters. The summed E-state index contributed by atoms with van der Waals surface area (Å²) < 4.78 is 4.98. The normalized spacial score (nSPS) is 13.5. The van der Waals surface area contributed by atoms with Gasteiger partial charge in [0, 0.05) is 37.9 Å². The van der Waals surface area contributed by atoms with E-state index < -0.39 is 5.97 Å². The molecule has 8 nitrogen and oxygen atoms in total. The molecule has 0 aliphatic carbocycles. The molecule has 0 radical (unpaired) electrons. The van der Waals surface area contributed by atoms with Crippen LogP contribution in [0.2, 0.25) is 5.02 Å². The lowest BCUT2D eigenvalue weighted by atomic mass is 10.1. The third-order valence-electron chi connectivity index (χ3n) is 5.36. The molecule has 10 heteroatoms. The minimum absolute atomic E-state index is 0.131.